The van der Waals surface area contributed by atoms with E-state index in [4.69, 9.17) is 19.9 Å². The third-order valence-corrected chi connectivity index (χ3v) is 11.8. The van der Waals surface area contributed by atoms with Gasteiger partial charge in [0, 0.05) is 39.6 Å². The van der Waals surface area contributed by atoms with Crippen LogP contribution in [0.5, 0.6) is 0 Å². The third kappa shape index (κ3) is 11.2. The molecular formula is C52H64N8O2Ru. The van der Waals surface area contributed by atoms with Crippen LogP contribution in [0.4, 0.5) is 22.7 Å². The number of fused-ring (bicyclic) bond motifs is 8. The average Bonchev–Trinajstić information content (AvgIpc) is 4.01. The Morgan fingerprint density at radius 2 is 0.651 bits per heavy atom. The zero-order valence-electron chi connectivity index (χ0n) is 39.3. The first-order valence-corrected chi connectivity index (χ1v) is 22.3. The fourth-order valence-electron chi connectivity index (χ4n) is 8.55. The molecule has 11 heteroatoms. The van der Waals surface area contributed by atoms with Crippen LogP contribution in [0.25, 0.3) is 44.4 Å². The second-order valence-corrected chi connectivity index (χ2v) is 15.8. The molecule has 5 heterocycles. The molecule has 332 valence electrons. The van der Waals surface area contributed by atoms with Crippen molar-refractivity contribution in [1.82, 2.24) is 19.9 Å². The average molecular weight is 934 g/mol. The van der Waals surface area contributed by atoms with Crippen molar-refractivity contribution in [2.75, 3.05) is 38.0 Å². The fourth-order valence-corrected chi connectivity index (χ4v) is 8.55. The number of hydrogen-bond donors (Lipinski definition) is 0. The standard InChI is InChI=1S/C36H44N4.2C8H10N2O.Ru/c1-9-21-22(10-2)30-18-32-25(13-5)26(14-6)34(39-32)20-36-28(16-8)27(15-7)35(40-36)19-33-24(12-4)23(11-3)31(38-33)17-29(21)37-30;2*1-10(2)8-5-3-7(9-11)4-6-8;/h17-20H,9-16H2,1-8H3;2*3-6H,1-2H3;/q-2;;;+2. The number of rotatable bonds is 12. The van der Waals surface area contributed by atoms with Crippen molar-refractivity contribution in [3.63, 3.8) is 0 Å². The number of nitrogens with zero attached hydrogens (tertiary/aromatic N) is 8. The molecule has 0 N–H and O–H groups in total. The number of nitroso groups, excluding NO2 is 2. The van der Waals surface area contributed by atoms with Gasteiger partial charge < -0.3 is 19.8 Å². The Morgan fingerprint density at radius 1 is 0.413 bits per heavy atom. The molecule has 7 rings (SSSR count). The molecule has 0 saturated heterocycles. The van der Waals surface area contributed by atoms with Crippen molar-refractivity contribution in [1.29, 1.82) is 0 Å². The molecule has 2 aliphatic rings. The molecular weight excluding hydrogens is 870 g/mol. The van der Waals surface area contributed by atoms with Gasteiger partial charge in [-0.25, -0.2) is 9.97 Å². The molecule has 5 aromatic rings. The van der Waals surface area contributed by atoms with Gasteiger partial charge in [-0.15, -0.1) is 31.9 Å². The van der Waals surface area contributed by atoms with Gasteiger partial charge >= 0.3 is 19.5 Å². The van der Waals surface area contributed by atoms with Crippen LogP contribution in [0.2, 0.25) is 0 Å². The van der Waals surface area contributed by atoms with Crippen LogP contribution in [0, 0.1) is 9.81 Å². The van der Waals surface area contributed by atoms with Gasteiger partial charge in [-0.1, -0.05) is 102 Å². The van der Waals surface area contributed by atoms with Gasteiger partial charge in [-0.05, 0) is 133 Å². The molecule has 8 bridgehead atoms. The number of allylic oxidation sites excluding steroid dienone is 4. The van der Waals surface area contributed by atoms with E-state index in [1.807, 2.05) is 62.3 Å². The Hall–Kier alpha value is -5.54. The minimum atomic E-state index is 0. The van der Waals surface area contributed by atoms with Crippen molar-refractivity contribution >= 4 is 67.1 Å². The first-order chi connectivity index (χ1) is 29.9. The smallest absolute Gasteiger partial charge is 0.657 e. The van der Waals surface area contributed by atoms with E-state index in [1.54, 1.807) is 24.3 Å². The monoisotopic (exact) mass is 934 g/mol. The molecule has 0 unspecified atom stereocenters. The first kappa shape index (κ1) is 50.1. The maximum absolute atomic E-state index is 10.0. The largest absolute Gasteiger partial charge is 2.00 e. The summed E-state index contributed by atoms with van der Waals surface area (Å²) in [6.07, 6.45) is 7.60. The summed E-state index contributed by atoms with van der Waals surface area (Å²) >= 11 is 0. The van der Waals surface area contributed by atoms with Gasteiger partial charge in [0.1, 0.15) is 11.4 Å². The third-order valence-electron chi connectivity index (χ3n) is 11.8. The van der Waals surface area contributed by atoms with Crippen LogP contribution in [0.15, 0.2) is 83.2 Å². The minimum Gasteiger partial charge on any atom is -0.657 e. The first-order valence-electron chi connectivity index (χ1n) is 22.3. The maximum Gasteiger partial charge on any atom is 2.00 e. The van der Waals surface area contributed by atoms with E-state index in [-0.39, 0.29) is 19.5 Å². The van der Waals surface area contributed by atoms with Crippen LogP contribution in [-0.4, -0.2) is 38.2 Å². The maximum atomic E-state index is 10.0. The van der Waals surface area contributed by atoms with E-state index in [0.29, 0.717) is 11.4 Å². The van der Waals surface area contributed by atoms with Crippen molar-refractivity contribution in [3.05, 3.63) is 128 Å². The molecule has 0 atom stereocenters. The summed E-state index contributed by atoms with van der Waals surface area (Å²) < 4.78 is 0. The van der Waals surface area contributed by atoms with Gasteiger partial charge in [0.2, 0.25) is 0 Å². The predicted molar refractivity (Wildman–Crippen MR) is 264 cm³/mol. The van der Waals surface area contributed by atoms with Crippen molar-refractivity contribution in [3.8, 4) is 0 Å². The Balaban J connectivity index is 0.000000308. The summed E-state index contributed by atoms with van der Waals surface area (Å²) in [7, 11) is 7.79. The number of aromatic nitrogens is 4. The number of aryl methyl sites for hydroxylation is 4. The zero-order chi connectivity index (χ0) is 45.1. The molecule has 0 radical (unpaired) electrons. The van der Waals surface area contributed by atoms with Crippen LogP contribution in [-0.2, 0) is 45.2 Å². The van der Waals surface area contributed by atoms with Gasteiger partial charge in [-0.2, -0.15) is 0 Å². The molecule has 3 aromatic heterocycles. The fraction of sp³-hybridized carbons (Fsp3) is 0.385. The van der Waals surface area contributed by atoms with E-state index >= 15 is 0 Å². The SMILES string of the molecule is CCC1=C(CC)c2cc3[n-]c(cc4nc(cc5[n-]c(cc1n2)c(CC)c5CC)C(CC)=C4CC)c(CC)c3CC.CN(C)c1ccc(N=O)cc1.CN(C)c1ccc(N=O)cc1.[Ru+2]. The Labute approximate surface area is 387 Å². The topological polar surface area (TPSA) is 119 Å². The summed E-state index contributed by atoms with van der Waals surface area (Å²) in [5.41, 5.74) is 22.2. The number of anilines is 2. The van der Waals surface area contributed by atoms with Crippen LogP contribution in [0.3, 0.4) is 0 Å². The normalized spacial score (nSPS) is 11.9. The van der Waals surface area contributed by atoms with Gasteiger partial charge in [0.05, 0.1) is 22.8 Å². The Kier molecular flexibility index (Phi) is 18.5. The van der Waals surface area contributed by atoms with Crippen molar-refractivity contribution < 1.29 is 19.5 Å². The van der Waals surface area contributed by atoms with E-state index in [0.717, 1.165) is 108 Å². The van der Waals surface area contributed by atoms with Gasteiger partial charge in [0.25, 0.3) is 0 Å². The molecule has 63 heavy (non-hydrogen) atoms. The van der Waals surface area contributed by atoms with Crippen LogP contribution < -0.4 is 19.8 Å². The van der Waals surface area contributed by atoms with E-state index in [2.05, 4.69) is 90.0 Å². The number of benzene rings is 2. The molecule has 0 aliphatic carbocycles. The quantitative estimate of drug-likeness (QED) is 0.0896. The van der Waals surface area contributed by atoms with Crippen LogP contribution >= 0.6 is 0 Å². The second kappa shape index (κ2) is 23.2. The van der Waals surface area contributed by atoms with Crippen LogP contribution in [0.1, 0.15) is 126 Å². The summed E-state index contributed by atoms with van der Waals surface area (Å²) in [4.78, 5) is 45.0. The molecule has 2 aliphatic heterocycles. The molecule has 0 fully saturated rings. The Bertz CT molecular complexity index is 2300. The molecule has 2 aromatic carbocycles. The molecule has 0 saturated carbocycles. The summed E-state index contributed by atoms with van der Waals surface area (Å²) in [6.45, 7) is 17.9. The van der Waals surface area contributed by atoms with E-state index in [1.165, 1.54) is 44.5 Å². The predicted octanol–water partition coefficient (Wildman–Crippen LogP) is 13.6. The van der Waals surface area contributed by atoms with Crippen molar-refractivity contribution in [2.24, 2.45) is 10.4 Å². The molecule has 0 spiro atoms. The van der Waals surface area contributed by atoms with Gasteiger partial charge in [-0.3, -0.25) is 0 Å². The minimum absolute atomic E-state index is 0. The zero-order valence-corrected chi connectivity index (χ0v) is 41.1. The van der Waals surface area contributed by atoms with E-state index < -0.39 is 0 Å². The van der Waals surface area contributed by atoms with Gasteiger partial charge in [0.15, 0.2) is 0 Å². The second-order valence-electron chi connectivity index (χ2n) is 15.8. The number of hydrogen-bond acceptors (Lipinski definition) is 8. The summed E-state index contributed by atoms with van der Waals surface area (Å²) in [6, 6.07) is 23.2. The molecule has 0 amide bonds. The Morgan fingerprint density at radius 3 is 0.825 bits per heavy atom. The summed E-state index contributed by atoms with van der Waals surface area (Å²) in [5.74, 6) is 0. The molecule has 10 nitrogen and oxygen atoms in total. The van der Waals surface area contributed by atoms with Crippen molar-refractivity contribution in [2.45, 2.75) is 107 Å². The van der Waals surface area contributed by atoms with E-state index in [9.17, 15) is 9.81 Å². The summed E-state index contributed by atoms with van der Waals surface area (Å²) in [5, 5.41) is 5.60.